The molecule has 0 bridgehead atoms. The Morgan fingerprint density at radius 2 is 1.54 bits per heavy atom. The number of esters is 1. The van der Waals surface area contributed by atoms with Gasteiger partial charge in [0, 0.05) is 26.2 Å². The van der Waals surface area contributed by atoms with Gasteiger partial charge in [0.15, 0.2) is 5.75 Å². The number of anilines is 1. The maximum atomic E-state index is 13.2. The van der Waals surface area contributed by atoms with Gasteiger partial charge in [0.1, 0.15) is 5.57 Å². The maximum absolute atomic E-state index is 13.2. The fourth-order valence-corrected chi connectivity index (χ4v) is 4.90. The van der Waals surface area contributed by atoms with Crippen molar-refractivity contribution in [2.75, 3.05) is 4.90 Å². The summed E-state index contributed by atoms with van der Waals surface area (Å²) < 4.78 is 6.50. The molecule has 1 saturated heterocycles. The number of carbonyl (C=O) groups excluding carboxylic acids is 4. The lowest BCUT2D eigenvalue weighted by Crippen LogP contribution is -2.54. The highest BCUT2D eigenvalue weighted by Crippen LogP contribution is 2.35. The molecule has 0 radical (unpaired) electrons. The summed E-state index contributed by atoms with van der Waals surface area (Å²) in [5.74, 6) is -2.38. The Labute approximate surface area is 237 Å². The predicted molar refractivity (Wildman–Crippen MR) is 148 cm³/mol. The first-order valence-corrected chi connectivity index (χ1v) is 12.8. The molecule has 186 valence electrons. The SMILES string of the molecule is O=C(/C=C/c1ccc(Cl)cc1)Oc1c(Br)cc(Br)cc1/C=C1/C(=O)NC(=O)N(c2ccc(Cl)cc2)C1=O. The van der Waals surface area contributed by atoms with Crippen LogP contribution in [-0.4, -0.2) is 23.8 Å². The van der Waals surface area contributed by atoms with Crippen molar-refractivity contribution in [3.05, 3.63) is 102 Å². The highest BCUT2D eigenvalue weighted by Gasteiger charge is 2.37. The van der Waals surface area contributed by atoms with Gasteiger partial charge in [0.05, 0.1) is 10.2 Å². The second-order valence-electron chi connectivity index (χ2n) is 7.55. The molecule has 1 heterocycles. The summed E-state index contributed by atoms with van der Waals surface area (Å²) in [7, 11) is 0. The van der Waals surface area contributed by atoms with Crippen molar-refractivity contribution < 1.29 is 23.9 Å². The zero-order valence-electron chi connectivity index (χ0n) is 18.5. The molecule has 11 heteroatoms. The molecular weight excluding hydrogens is 651 g/mol. The molecule has 4 amide bonds. The Kier molecular flexibility index (Phi) is 8.29. The number of nitrogens with one attached hydrogen (secondary N) is 1. The molecule has 0 spiro atoms. The average molecular weight is 665 g/mol. The van der Waals surface area contributed by atoms with Gasteiger partial charge in [-0.05, 0) is 82.2 Å². The van der Waals surface area contributed by atoms with Crippen LogP contribution in [0.2, 0.25) is 10.0 Å². The number of imide groups is 2. The van der Waals surface area contributed by atoms with Gasteiger partial charge >= 0.3 is 12.0 Å². The number of hydrogen-bond donors (Lipinski definition) is 1. The Morgan fingerprint density at radius 3 is 2.19 bits per heavy atom. The van der Waals surface area contributed by atoms with E-state index >= 15 is 0 Å². The van der Waals surface area contributed by atoms with Crippen LogP contribution < -0.4 is 15.0 Å². The molecule has 3 aromatic rings. The van der Waals surface area contributed by atoms with E-state index in [1.54, 1.807) is 42.5 Å². The van der Waals surface area contributed by atoms with Crippen molar-refractivity contribution >= 4 is 96.7 Å². The van der Waals surface area contributed by atoms with Gasteiger partial charge in [-0.3, -0.25) is 14.9 Å². The molecule has 4 rings (SSSR count). The minimum Gasteiger partial charge on any atom is -0.422 e. The number of hydrogen-bond acceptors (Lipinski definition) is 5. The van der Waals surface area contributed by atoms with E-state index in [2.05, 4.69) is 37.2 Å². The summed E-state index contributed by atoms with van der Waals surface area (Å²) in [6.45, 7) is 0. The van der Waals surface area contributed by atoms with E-state index in [1.807, 2.05) is 0 Å². The van der Waals surface area contributed by atoms with Crippen molar-refractivity contribution in [2.24, 2.45) is 0 Å². The van der Waals surface area contributed by atoms with E-state index in [-0.39, 0.29) is 22.6 Å². The van der Waals surface area contributed by atoms with Gasteiger partial charge in [-0.25, -0.2) is 14.5 Å². The minimum atomic E-state index is -0.899. The number of urea groups is 1. The smallest absolute Gasteiger partial charge is 0.336 e. The van der Waals surface area contributed by atoms with Gasteiger partial charge in [-0.2, -0.15) is 0 Å². The highest BCUT2D eigenvalue weighted by molar-refractivity contribution is 9.11. The van der Waals surface area contributed by atoms with E-state index in [1.165, 1.54) is 36.4 Å². The largest absolute Gasteiger partial charge is 0.422 e. The summed E-state index contributed by atoms with van der Waals surface area (Å²) >= 11 is 18.5. The van der Waals surface area contributed by atoms with Gasteiger partial charge in [0.25, 0.3) is 11.8 Å². The quantitative estimate of drug-likeness (QED) is 0.140. The first kappa shape index (κ1) is 26.8. The van der Waals surface area contributed by atoms with E-state index < -0.39 is 23.8 Å². The van der Waals surface area contributed by atoms with E-state index in [0.717, 1.165) is 10.5 Å². The van der Waals surface area contributed by atoms with Gasteiger partial charge in [-0.1, -0.05) is 51.3 Å². The van der Waals surface area contributed by atoms with Crippen molar-refractivity contribution in [3.63, 3.8) is 0 Å². The Hall–Kier alpha value is -3.24. The van der Waals surface area contributed by atoms with Crippen LogP contribution in [0.15, 0.2) is 81.3 Å². The van der Waals surface area contributed by atoms with Crippen LogP contribution in [0, 0.1) is 0 Å². The highest BCUT2D eigenvalue weighted by atomic mass is 79.9. The normalized spacial score (nSPS) is 14.9. The number of carbonyl (C=O) groups is 4. The van der Waals surface area contributed by atoms with E-state index in [9.17, 15) is 19.2 Å². The molecule has 37 heavy (non-hydrogen) atoms. The third kappa shape index (κ3) is 6.37. The number of amides is 4. The summed E-state index contributed by atoms with van der Waals surface area (Å²) in [5.41, 5.74) is 0.849. The van der Waals surface area contributed by atoms with Crippen molar-refractivity contribution in [1.82, 2.24) is 5.32 Å². The number of benzene rings is 3. The molecule has 1 N–H and O–H groups in total. The average Bonchev–Trinajstić information content (AvgIpc) is 2.84. The van der Waals surface area contributed by atoms with Gasteiger partial charge < -0.3 is 4.74 Å². The lowest BCUT2D eigenvalue weighted by Gasteiger charge is -2.26. The van der Waals surface area contributed by atoms with Crippen LogP contribution in [-0.2, 0) is 14.4 Å². The second kappa shape index (κ2) is 11.4. The molecule has 0 aromatic heterocycles. The summed E-state index contributed by atoms with van der Waals surface area (Å²) in [6, 6.07) is 15.1. The van der Waals surface area contributed by atoms with Crippen molar-refractivity contribution in [2.45, 2.75) is 0 Å². The molecule has 7 nitrogen and oxygen atoms in total. The van der Waals surface area contributed by atoms with Crippen molar-refractivity contribution in [1.29, 1.82) is 0 Å². The van der Waals surface area contributed by atoms with Crippen LogP contribution >= 0.6 is 55.1 Å². The van der Waals surface area contributed by atoms with Crippen LogP contribution in [0.5, 0.6) is 5.75 Å². The minimum absolute atomic E-state index is 0.0667. The van der Waals surface area contributed by atoms with Crippen molar-refractivity contribution in [3.8, 4) is 5.75 Å². The zero-order chi connectivity index (χ0) is 26.7. The number of nitrogens with zero attached hydrogens (tertiary/aromatic N) is 1. The van der Waals surface area contributed by atoms with Crippen LogP contribution in [0.3, 0.4) is 0 Å². The first-order valence-electron chi connectivity index (χ1n) is 10.4. The van der Waals surface area contributed by atoms with E-state index in [0.29, 0.717) is 19.0 Å². The Morgan fingerprint density at radius 1 is 0.919 bits per heavy atom. The molecular formula is C26H14Br2Cl2N2O5. The Balaban J connectivity index is 1.67. The fraction of sp³-hybridized carbons (Fsp3) is 0. The number of ether oxygens (including phenoxy) is 1. The maximum Gasteiger partial charge on any atom is 0.336 e. The third-order valence-corrected chi connectivity index (χ3v) is 6.56. The summed E-state index contributed by atoms with van der Waals surface area (Å²) in [6.07, 6.45) is 4.03. The van der Waals surface area contributed by atoms with Crippen LogP contribution in [0.25, 0.3) is 12.2 Å². The summed E-state index contributed by atoms with van der Waals surface area (Å²) in [4.78, 5) is 51.7. The standard InChI is InChI=1S/C26H14Br2Cl2N2O5/c27-16-11-15(23(21(28)13-16)37-22(33)10-3-14-1-4-17(29)5-2-14)12-20-24(34)31-26(36)32(25(20)35)19-8-6-18(30)7-9-19/h1-13H,(H,31,34,36)/b10-3+,20-12-. The second-order valence-corrected chi connectivity index (χ2v) is 10.2. The lowest BCUT2D eigenvalue weighted by molar-refractivity contribution is -0.129. The van der Waals surface area contributed by atoms with E-state index in [4.69, 9.17) is 27.9 Å². The molecule has 0 unspecified atom stereocenters. The molecule has 3 aromatic carbocycles. The molecule has 1 aliphatic heterocycles. The van der Waals surface area contributed by atoms with Crippen LogP contribution in [0.1, 0.15) is 11.1 Å². The number of barbiturate groups is 1. The lowest BCUT2D eigenvalue weighted by atomic mass is 10.1. The number of rotatable bonds is 5. The molecule has 0 atom stereocenters. The third-order valence-electron chi connectivity index (χ3n) is 5.01. The molecule has 0 saturated carbocycles. The molecule has 1 fully saturated rings. The Bertz CT molecular complexity index is 1490. The zero-order valence-corrected chi connectivity index (χ0v) is 23.2. The van der Waals surface area contributed by atoms with Gasteiger partial charge in [-0.15, -0.1) is 0 Å². The predicted octanol–water partition coefficient (Wildman–Crippen LogP) is 6.80. The topological polar surface area (TPSA) is 92.8 Å². The first-order chi connectivity index (χ1) is 17.6. The molecule has 0 aliphatic carbocycles. The monoisotopic (exact) mass is 662 g/mol. The van der Waals surface area contributed by atoms with Crippen LogP contribution in [0.4, 0.5) is 10.5 Å². The molecule has 1 aliphatic rings. The number of halogens is 4. The van der Waals surface area contributed by atoms with Gasteiger partial charge in [0.2, 0.25) is 0 Å². The fourth-order valence-electron chi connectivity index (χ4n) is 3.31. The summed E-state index contributed by atoms with van der Waals surface area (Å²) in [5, 5.41) is 3.13.